The van der Waals surface area contributed by atoms with Gasteiger partial charge in [0.05, 0.1) is 11.6 Å². The fraction of sp³-hybridized carbons (Fsp3) is 0.318. The zero-order valence-electron chi connectivity index (χ0n) is 15.2. The van der Waals surface area contributed by atoms with Crippen molar-refractivity contribution < 1.29 is 0 Å². The van der Waals surface area contributed by atoms with Gasteiger partial charge in [-0.3, -0.25) is 9.89 Å². The van der Waals surface area contributed by atoms with Crippen LogP contribution in [-0.2, 0) is 6.42 Å². The molecule has 0 saturated carbocycles. The number of rotatable bonds is 4. The molecular formula is C22H25N3O. The van der Waals surface area contributed by atoms with E-state index < -0.39 is 0 Å². The molecule has 4 heteroatoms. The number of hydrogen-bond acceptors (Lipinski definition) is 2. The van der Waals surface area contributed by atoms with E-state index >= 15 is 0 Å². The van der Waals surface area contributed by atoms with Crippen molar-refractivity contribution in [2.75, 3.05) is 20.1 Å². The van der Waals surface area contributed by atoms with E-state index in [1.54, 1.807) is 0 Å². The summed E-state index contributed by atoms with van der Waals surface area (Å²) < 4.78 is 1.88. The Labute approximate surface area is 154 Å². The van der Waals surface area contributed by atoms with Crippen molar-refractivity contribution in [1.29, 1.82) is 0 Å². The van der Waals surface area contributed by atoms with Crippen LogP contribution in [0.2, 0.25) is 0 Å². The summed E-state index contributed by atoms with van der Waals surface area (Å²) in [4.78, 5) is 15.6. The summed E-state index contributed by atoms with van der Waals surface area (Å²) in [6.07, 6.45) is 2.76. The third kappa shape index (κ3) is 3.37. The van der Waals surface area contributed by atoms with Crippen molar-refractivity contribution in [3.63, 3.8) is 0 Å². The zero-order valence-corrected chi connectivity index (χ0v) is 15.2. The van der Waals surface area contributed by atoms with Crippen molar-refractivity contribution in [2.45, 2.75) is 25.3 Å². The number of piperidine rings is 1. The minimum Gasteiger partial charge on any atom is -0.306 e. The fourth-order valence-electron chi connectivity index (χ4n) is 3.84. The average molecular weight is 347 g/mol. The largest absolute Gasteiger partial charge is 0.306 e. The van der Waals surface area contributed by atoms with Gasteiger partial charge >= 0.3 is 0 Å². The molecule has 0 bridgehead atoms. The normalized spacial score (nSPS) is 16.0. The van der Waals surface area contributed by atoms with Crippen LogP contribution in [0.3, 0.4) is 0 Å². The Morgan fingerprint density at radius 2 is 1.58 bits per heavy atom. The molecule has 0 amide bonds. The molecule has 1 saturated heterocycles. The SMILES string of the molecule is CN1CCC(n2[nH]c(Cc3ccccc3)c(-c3ccccc3)c2=O)CC1. The lowest BCUT2D eigenvalue weighted by molar-refractivity contribution is 0.209. The van der Waals surface area contributed by atoms with Crippen LogP contribution in [0, 0.1) is 0 Å². The van der Waals surface area contributed by atoms with Crippen LogP contribution in [0.4, 0.5) is 0 Å². The second-order valence-electron chi connectivity index (χ2n) is 7.20. The van der Waals surface area contributed by atoms with E-state index in [-0.39, 0.29) is 11.6 Å². The summed E-state index contributed by atoms with van der Waals surface area (Å²) in [6, 6.07) is 20.6. The van der Waals surface area contributed by atoms with Crippen LogP contribution in [0.25, 0.3) is 11.1 Å². The third-order valence-electron chi connectivity index (χ3n) is 5.33. The molecule has 4 rings (SSSR count). The van der Waals surface area contributed by atoms with Crippen LogP contribution in [0.5, 0.6) is 0 Å². The van der Waals surface area contributed by atoms with Crippen molar-refractivity contribution in [3.8, 4) is 11.1 Å². The first kappa shape index (κ1) is 16.9. The second kappa shape index (κ2) is 7.34. The molecule has 1 aromatic heterocycles. The van der Waals surface area contributed by atoms with Crippen LogP contribution in [0.15, 0.2) is 65.5 Å². The molecular weight excluding hydrogens is 322 g/mol. The van der Waals surface area contributed by atoms with Crippen molar-refractivity contribution in [3.05, 3.63) is 82.3 Å². The standard InChI is InChI=1S/C22H25N3O/c1-24-14-12-19(13-15-24)25-22(26)21(18-10-6-3-7-11-18)20(23-25)16-17-8-4-2-5-9-17/h2-11,19,23H,12-16H2,1H3. The summed E-state index contributed by atoms with van der Waals surface area (Å²) in [6.45, 7) is 2.07. The van der Waals surface area contributed by atoms with Gasteiger partial charge in [0.1, 0.15) is 0 Å². The molecule has 1 fully saturated rings. The maximum absolute atomic E-state index is 13.3. The quantitative estimate of drug-likeness (QED) is 0.782. The van der Waals surface area contributed by atoms with Gasteiger partial charge in [-0.2, -0.15) is 0 Å². The molecule has 1 aliphatic rings. The van der Waals surface area contributed by atoms with Gasteiger partial charge in [0.2, 0.25) is 0 Å². The molecule has 134 valence electrons. The lowest BCUT2D eigenvalue weighted by atomic mass is 10.0. The highest BCUT2D eigenvalue weighted by Gasteiger charge is 2.24. The first-order valence-electron chi connectivity index (χ1n) is 9.33. The first-order chi connectivity index (χ1) is 12.7. The summed E-state index contributed by atoms with van der Waals surface area (Å²) in [7, 11) is 2.14. The highest BCUT2D eigenvalue weighted by Crippen LogP contribution is 2.25. The van der Waals surface area contributed by atoms with Crippen molar-refractivity contribution in [2.24, 2.45) is 0 Å². The first-order valence-corrected chi connectivity index (χ1v) is 9.33. The predicted octanol–water partition coefficient (Wildman–Crippen LogP) is 3.70. The number of likely N-dealkylation sites (tertiary alicyclic amines) is 1. The molecule has 3 aromatic rings. The molecule has 2 heterocycles. The van der Waals surface area contributed by atoms with E-state index in [0.29, 0.717) is 0 Å². The molecule has 0 aliphatic carbocycles. The van der Waals surface area contributed by atoms with Crippen LogP contribution >= 0.6 is 0 Å². The minimum atomic E-state index is 0.108. The Morgan fingerprint density at radius 3 is 2.23 bits per heavy atom. The van der Waals surface area contributed by atoms with E-state index in [2.05, 4.69) is 29.2 Å². The summed E-state index contributed by atoms with van der Waals surface area (Å²) in [5.74, 6) is 0. The highest BCUT2D eigenvalue weighted by atomic mass is 16.1. The van der Waals surface area contributed by atoms with Gasteiger partial charge in [-0.05, 0) is 44.1 Å². The number of benzene rings is 2. The topological polar surface area (TPSA) is 41.0 Å². The molecule has 1 aliphatic heterocycles. The molecule has 0 atom stereocenters. The van der Waals surface area contributed by atoms with E-state index in [4.69, 9.17) is 0 Å². The van der Waals surface area contributed by atoms with Crippen molar-refractivity contribution >= 4 is 0 Å². The van der Waals surface area contributed by atoms with Gasteiger partial charge < -0.3 is 4.90 Å². The molecule has 0 radical (unpaired) electrons. The summed E-state index contributed by atoms with van der Waals surface area (Å²) in [5, 5.41) is 3.47. The van der Waals surface area contributed by atoms with E-state index in [9.17, 15) is 4.79 Å². The average Bonchev–Trinajstić information content (AvgIpc) is 3.00. The Morgan fingerprint density at radius 1 is 0.962 bits per heavy atom. The Balaban J connectivity index is 1.76. The Hall–Kier alpha value is -2.59. The number of nitrogens with zero attached hydrogens (tertiary/aromatic N) is 2. The predicted molar refractivity (Wildman–Crippen MR) is 106 cm³/mol. The minimum absolute atomic E-state index is 0.108. The Kier molecular flexibility index (Phi) is 4.76. The molecule has 4 nitrogen and oxygen atoms in total. The smallest absolute Gasteiger partial charge is 0.274 e. The number of aromatic nitrogens is 2. The summed E-state index contributed by atoms with van der Waals surface area (Å²) in [5.41, 5.74) is 4.13. The maximum atomic E-state index is 13.3. The van der Waals surface area contributed by atoms with Gasteiger partial charge in [-0.1, -0.05) is 60.7 Å². The van der Waals surface area contributed by atoms with Crippen LogP contribution in [-0.4, -0.2) is 34.8 Å². The lowest BCUT2D eigenvalue weighted by Crippen LogP contribution is -2.35. The second-order valence-corrected chi connectivity index (χ2v) is 7.20. The van der Waals surface area contributed by atoms with E-state index in [1.807, 2.05) is 53.2 Å². The molecule has 26 heavy (non-hydrogen) atoms. The van der Waals surface area contributed by atoms with Gasteiger partial charge in [-0.15, -0.1) is 0 Å². The van der Waals surface area contributed by atoms with Gasteiger partial charge in [0.15, 0.2) is 0 Å². The van der Waals surface area contributed by atoms with Gasteiger partial charge in [-0.25, -0.2) is 4.68 Å². The van der Waals surface area contributed by atoms with Crippen LogP contribution in [0.1, 0.15) is 30.1 Å². The van der Waals surface area contributed by atoms with Crippen molar-refractivity contribution in [1.82, 2.24) is 14.7 Å². The lowest BCUT2D eigenvalue weighted by Gasteiger charge is -2.29. The maximum Gasteiger partial charge on any atom is 0.274 e. The third-order valence-corrected chi connectivity index (χ3v) is 5.33. The number of hydrogen-bond donors (Lipinski definition) is 1. The molecule has 0 spiro atoms. The summed E-state index contributed by atoms with van der Waals surface area (Å²) >= 11 is 0. The van der Waals surface area contributed by atoms with Gasteiger partial charge in [0.25, 0.3) is 5.56 Å². The molecule has 2 aromatic carbocycles. The molecule has 1 N–H and O–H groups in total. The zero-order chi connectivity index (χ0) is 17.9. The fourth-order valence-corrected chi connectivity index (χ4v) is 3.84. The van der Waals surface area contributed by atoms with Crippen LogP contribution < -0.4 is 5.56 Å². The van der Waals surface area contributed by atoms with Gasteiger partial charge in [0, 0.05) is 12.1 Å². The number of nitrogens with one attached hydrogen (secondary N) is 1. The van der Waals surface area contributed by atoms with E-state index in [0.717, 1.165) is 49.2 Å². The highest BCUT2D eigenvalue weighted by molar-refractivity contribution is 5.65. The van der Waals surface area contributed by atoms with E-state index in [1.165, 1.54) is 5.56 Å². The number of aromatic amines is 1. The Bertz CT molecular complexity index is 904. The monoisotopic (exact) mass is 347 g/mol. The molecule has 0 unspecified atom stereocenters. The number of H-pyrrole nitrogens is 1.